The molecule has 10 heteroatoms. The molecule has 0 aromatic rings. The molecule has 0 aromatic carbocycles. The van der Waals surface area contributed by atoms with Gasteiger partial charge in [0.05, 0.1) is 13.2 Å². The molecular weight excluding hydrogens is 750 g/mol. The zero-order valence-electron chi connectivity index (χ0n) is 36.5. The molecule has 0 bridgehead atoms. The van der Waals surface area contributed by atoms with Crippen LogP contribution in [-0.4, -0.2) is 49.3 Å². The molecule has 0 radical (unpaired) electrons. The maximum Gasteiger partial charge on any atom is 0.472 e. The van der Waals surface area contributed by atoms with E-state index in [0.29, 0.717) is 12.8 Å². The van der Waals surface area contributed by atoms with Gasteiger partial charge in [-0.15, -0.1) is 0 Å². The topological polar surface area (TPSA) is 134 Å². The normalized spacial score (nSPS) is 14.1. The van der Waals surface area contributed by atoms with Crippen LogP contribution in [0.1, 0.15) is 174 Å². The van der Waals surface area contributed by atoms with Crippen LogP contribution >= 0.6 is 7.82 Å². The number of carbonyl (C=O) groups is 2. The van der Waals surface area contributed by atoms with E-state index in [-0.39, 0.29) is 32.6 Å². The molecule has 0 saturated heterocycles. The van der Waals surface area contributed by atoms with Gasteiger partial charge in [-0.3, -0.25) is 18.6 Å². The molecule has 58 heavy (non-hydrogen) atoms. The minimum atomic E-state index is -4.38. The first kappa shape index (κ1) is 55.2. The van der Waals surface area contributed by atoms with Crippen molar-refractivity contribution in [1.82, 2.24) is 0 Å². The van der Waals surface area contributed by atoms with Crippen molar-refractivity contribution in [1.29, 1.82) is 0 Å². The van der Waals surface area contributed by atoms with Gasteiger partial charge in [-0.2, -0.15) is 0 Å². The number of ether oxygens (including phenoxy) is 2. The standard InChI is InChI=1S/C48H82NO8P/c1-3-5-7-9-11-13-15-16-17-18-19-20-21-22-23-24-25-26-27-28-29-30-31-33-35-37-39-41-48(51)57-46(45-56-58(52,53)55-43-42-49)44-54-47(50)40-38-36-34-32-14-12-10-8-6-4-2/h5,7-8,10-11,13,16-17,19-20,22-23,25-26,46H,3-4,6,9,12,14-15,18,21,24,27-45,49H2,1-2H3,(H,52,53)/b7-5-,10-8-,13-11-,17-16-,20-19-,23-22-,26-25-. The first-order chi connectivity index (χ1) is 28.3. The Morgan fingerprint density at radius 3 is 1.43 bits per heavy atom. The average Bonchev–Trinajstić information content (AvgIpc) is 3.21. The third-order valence-corrected chi connectivity index (χ3v) is 9.98. The molecule has 0 saturated carbocycles. The zero-order chi connectivity index (χ0) is 42.5. The summed E-state index contributed by atoms with van der Waals surface area (Å²) in [5.41, 5.74) is 5.34. The second-order valence-electron chi connectivity index (χ2n) is 14.5. The van der Waals surface area contributed by atoms with Gasteiger partial charge >= 0.3 is 19.8 Å². The van der Waals surface area contributed by atoms with Crippen molar-refractivity contribution in [2.75, 3.05) is 26.4 Å². The van der Waals surface area contributed by atoms with Crippen LogP contribution in [0.4, 0.5) is 0 Å². The number of phosphoric acid groups is 1. The summed E-state index contributed by atoms with van der Waals surface area (Å²) in [7, 11) is -4.38. The average molecular weight is 832 g/mol. The molecule has 0 spiro atoms. The molecule has 2 atom stereocenters. The Bertz CT molecular complexity index is 1220. The van der Waals surface area contributed by atoms with Crippen LogP contribution in [0, 0.1) is 0 Å². The van der Waals surface area contributed by atoms with Crippen LogP contribution in [0.5, 0.6) is 0 Å². The molecule has 3 N–H and O–H groups in total. The molecule has 0 aliphatic carbocycles. The lowest BCUT2D eigenvalue weighted by atomic mass is 10.1. The highest BCUT2D eigenvalue weighted by Crippen LogP contribution is 2.43. The van der Waals surface area contributed by atoms with Gasteiger partial charge < -0.3 is 20.1 Å². The number of hydrogen-bond donors (Lipinski definition) is 2. The first-order valence-electron chi connectivity index (χ1n) is 22.6. The number of allylic oxidation sites excluding steroid dienone is 14. The Morgan fingerprint density at radius 2 is 0.948 bits per heavy atom. The van der Waals surface area contributed by atoms with Crippen molar-refractivity contribution in [2.45, 2.75) is 180 Å². The van der Waals surface area contributed by atoms with Gasteiger partial charge in [0, 0.05) is 19.4 Å². The summed E-state index contributed by atoms with van der Waals surface area (Å²) < 4.78 is 32.7. The fourth-order valence-electron chi connectivity index (χ4n) is 5.70. The second kappa shape index (κ2) is 43.8. The second-order valence-corrected chi connectivity index (χ2v) is 16.0. The van der Waals surface area contributed by atoms with E-state index in [9.17, 15) is 19.0 Å². The Labute approximate surface area is 354 Å². The number of carbonyl (C=O) groups excluding carboxylic acids is 2. The predicted molar refractivity (Wildman–Crippen MR) is 242 cm³/mol. The van der Waals surface area contributed by atoms with E-state index in [4.69, 9.17) is 24.3 Å². The van der Waals surface area contributed by atoms with E-state index in [1.807, 2.05) is 0 Å². The molecule has 0 rings (SSSR count). The van der Waals surface area contributed by atoms with Crippen LogP contribution in [0.2, 0.25) is 0 Å². The molecule has 0 aliphatic heterocycles. The molecular formula is C48H82NO8P. The summed E-state index contributed by atoms with van der Waals surface area (Å²) in [6.07, 6.45) is 54.8. The van der Waals surface area contributed by atoms with Gasteiger partial charge in [-0.05, 0) is 83.5 Å². The molecule has 0 aliphatic rings. The number of esters is 2. The van der Waals surface area contributed by atoms with E-state index >= 15 is 0 Å². The lowest BCUT2D eigenvalue weighted by Gasteiger charge is -2.19. The lowest BCUT2D eigenvalue weighted by Crippen LogP contribution is -2.29. The maximum atomic E-state index is 12.6. The van der Waals surface area contributed by atoms with Crippen LogP contribution in [0.15, 0.2) is 85.1 Å². The quantitative estimate of drug-likeness (QED) is 0.0267. The number of nitrogens with two attached hydrogens (primary N) is 1. The molecule has 332 valence electrons. The lowest BCUT2D eigenvalue weighted by molar-refractivity contribution is -0.161. The van der Waals surface area contributed by atoms with Gasteiger partial charge in [0.15, 0.2) is 6.10 Å². The Kier molecular flexibility index (Phi) is 41.6. The van der Waals surface area contributed by atoms with Crippen molar-refractivity contribution in [3.63, 3.8) is 0 Å². The summed E-state index contributed by atoms with van der Waals surface area (Å²) in [4.78, 5) is 34.8. The van der Waals surface area contributed by atoms with Crippen molar-refractivity contribution in [2.24, 2.45) is 5.73 Å². The third kappa shape index (κ3) is 42.8. The number of rotatable bonds is 41. The van der Waals surface area contributed by atoms with E-state index in [1.54, 1.807) is 0 Å². The molecule has 0 amide bonds. The first-order valence-corrected chi connectivity index (χ1v) is 24.1. The fraction of sp³-hybridized carbons (Fsp3) is 0.667. The van der Waals surface area contributed by atoms with E-state index in [2.05, 4.69) is 98.9 Å². The van der Waals surface area contributed by atoms with Crippen molar-refractivity contribution >= 4 is 19.8 Å². The van der Waals surface area contributed by atoms with Gasteiger partial charge in [-0.25, -0.2) is 4.57 Å². The summed E-state index contributed by atoms with van der Waals surface area (Å²) in [5.74, 6) is -0.858. The SMILES string of the molecule is CC/C=C\C/C=C\C/C=C\C/C=C\C/C=C\C/C=C\CCCCCCCCCCC(=O)OC(COC(=O)CCCCCCC/C=C\CCC)COP(=O)(O)OCCN. The Morgan fingerprint density at radius 1 is 0.534 bits per heavy atom. The van der Waals surface area contributed by atoms with Crippen molar-refractivity contribution < 1.29 is 37.6 Å². The minimum absolute atomic E-state index is 0.0466. The predicted octanol–water partition coefficient (Wildman–Crippen LogP) is 13.2. The number of hydrogen-bond acceptors (Lipinski definition) is 8. The maximum absolute atomic E-state index is 12.6. The molecule has 9 nitrogen and oxygen atoms in total. The number of phosphoric ester groups is 1. The minimum Gasteiger partial charge on any atom is -0.462 e. The van der Waals surface area contributed by atoms with Crippen LogP contribution < -0.4 is 5.73 Å². The number of unbranched alkanes of at least 4 members (excludes halogenated alkanes) is 14. The Hall–Kier alpha value is -2.81. The molecule has 0 aromatic heterocycles. The van der Waals surface area contributed by atoms with Gasteiger partial charge in [0.1, 0.15) is 6.61 Å². The van der Waals surface area contributed by atoms with Crippen molar-refractivity contribution in [3.05, 3.63) is 85.1 Å². The summed E-state index contributed by atoms with van der Waals surface area (Å²) in [5, 5.41) is 0. The van der Waals surface area contributed by atoms with Gasteiger partial charge in [0.2, 0.25) is 0 Å². The van der Waals surface area contributed by atoms with Gasteiger partial charge in [0.25, 0.3) is 0 Å². The summed E-state index contributed by atoms with van der Waals surface area (Å²) in [6.45, 7) is 3.51. The summed E-state index contributed by atoms with van der Waals surface area (Å²) in [6, 6.07) is 0. The van der Waals surface area contributed by atoms with Gasteiger partial charge in [-0.1, -0.05) is 163 Å². The molecule has 0 fully saturated rings. The fourth-order valence-corrected chi connectivity index (χ4v) is 6.46. The van der Waals surface area contributed by atoms with E-state index < -0.39 is 32.5 Å². The monoisotopic (exact) mass is 832 g/mol. The third-order valence-electron chi connectivity index (χ3n) is 9.00. The highest BCUT2D eigenvalue weighted by Gasteiger charge is 2.26. The smallest absolute Gasteiger partial charge is 0.462 e. The van der Waals surface area contributed by atoms with Crippen molar-refractivity contribution in [3.8, 4) is 0 Å². The molecule has 2 unspecified atom stereocenters. The highest BCUT2D eigenvalue weighted by atomic mass is 31.2. The summed E-state index contributed by atoms with van der Waals surface area (Å²) >= 11 is 0. The van der Waals surface area contributed by atoms with E-state index in [1.165, 1.54) is 32.1 Å². The van der Waals surface area contributed by atoms with Crippen LogP contribution in [-0.2, 0) is 32.7 Å². The van der Waals surface area contributed by atoms with E-state index in [0.717, 1.165) is 103 Å². The Balaban J connectivity index is 4.08. The van der Waals surface area contributed by atoms with Crippen LogP contribution in [0.3, 0.4) is 0 Å². The largest absolute Gasteiger partial charge is 0.472 e. The van der Waals surface area contributed by atoms with Crippen LogP contribution in [0.25, 0.3) is 0 Å². The highest BCUT2D eigenvalue weighted by molar-refractivity contribution is 7.47. The zero-order valence-corrected chi connectivity index (χ0v) is 37.4. The molecule has 0 heterocycles.